The fraction of sp³-hybridized carbons (Fsp3) is 0. The molecule has 1 amide bonds. The minimum absolute atomic E-state index is 0.0441. The molecular weight excluding hydrogens is 306 g/mol. The molecule has 92 valence electrons. The number of carbonyl (C=O) groups excluding carboxylic acids is 1. The Kier molecular flexibility index (Phi) is 3.66. The van der Waals surface area contributed by atoms with Crippen LogP contribution in [0.1, 0.15) is 10.4 Å². The molecule has 3 nitrogen and oxygen atoms in total. The van der Waals surface area contributed by atoms with Crippen molar-refractivity contribution in [2.45, 2.75) is 0 Å². The molecule has 1 heterocycles. The van der Waals surface area contributed by atoms with Gasteiger partial charge in [-0.1, -0.05) is 15.9 Å². The van der Waals surface area contributed by atoms with Crippen molar-refractivity contribution in [3.63, 3.8) is 0 Å². The van der Waals surface area contributed by atoms with E-state index in [1.807, 2.05) is 0 Å². The largest absolute Gasteiger partial charge is 0.319 e. The Morgan fingerprint density at radius 1 is 1.22 bits per heavy atom. The summed E-state index contributed by atoms with van der Waals surface area (Å²) in [6.45, 7) is 0. The quantitative estimate of drug-likeness (QED) is 0.923. The van der Waals surface area contributed by atoms with E-state index in [-0.39, 0.29) is 11.3 Å². The van der Waals surface area contributed by atoms with Gasteiger partial charge < -0.3 is 5.32 Å². The minimum Gasteiger partial charge on any atom is -0.319 e. The molecule has 0 aliphatic rings. The molecule has 1 N–H and O–H groups in total. The molecule has 0 aliphatic carbocycles. The Morgan fingerprint density at radius 2 is 2.00 bits per heavy atom. The van der Waals surface area contributed by atoms with Crippen LogP contribution in [0.5, 0.6) is 0 Å². The van der Waals surface area contributed by atoms with Crippen molar-refractivity contribution in [3.8, 4) is 0 Å². The van der Waals surface area contributed by atoms with Crippen molar-refractivity contribution in [2.75, 3.05) is 5.32 Å². The molecule has 1 aromatic carbocycles. The number of pyridine rings is 1. The fourth-order valence-corrected chi connectivity index (χ4v) is 1.67. The summed E-state index contributed by atoms with van der Waals surface area (Å²) >= 11 is 3.08. The summed E-state index contributed by atoms with van der Waals surface area (Å²) in [6.07, 6.45) is 2.30. The summed E-state index contributed by atoms with van der Waals surface area (Å²) in [7, 11) is 0. The van der Waals surface area contributed by atoms with Gasteiger partial charge in [0.05, 0.1) is 17.4 Å². The number of amides is 1. The molecule has 0 bridgehead atoms. The number of hydrogen-bond acceptors (Lipinski definition) is 2. The first-order chi connectivity index (χ1) is 8.58. The fourth-order valence-electron chi connectivity index (χ4n) is 1.34. The third-order valence-electron chi connectivity index (χ3n) is 2.20. The Balaban J connectivity index is 2.25. The van der Waals surface area contributed by atoms with Gasteiger partial charge in [-0.25, -0.2) is 8.78 Å². The zero-order valence-electron chi connectivity index (χ0n) is 8.95. The lowest BCUT2D eigenvalue weighted by Crippen LogP contribution is -2.14. The number of hydrogen-bond donors (Lipinski definition) is 1. The van der Waals surface area contributed by atoms with Crippen LogP contribution >= 0.6 is 15.9 Å². The summed E-state index contributed by atoms with van der Waals surface area (Å²) in [4.78, 5) is 15.3. The topological polar surface area (TPSA) is 42.0 Å². The second-order valence-electron chi connectivity index (χ2n) is 3.43. The lowest BCUT2D eigenvalue weighted by molar-refractivity contribution is 0.102. The highest BCUT2D eigenvalue weighted by molar-refractivity contribution is 9.10. The second kappa shape index (κ2) is 5.22. The standard InChI is InChI=1S/C12H7BrF2N2O/c13-7-1-2-8(9(14)5-7)12(18)17-11-3-4-16-6-10(11)15/h1-6H,(H,16,17,18). The van der Waals surface area contributed by atoms with Crippen LogP contribution in [0.15, 0.2) is 41.1 Å². The van der Waals surface area contributed by atoms with Gasteiger partial charge in [-0.3, -0.25) is 9.78 Å². The Bertz CT molecular complexity index is 604. The number of aromatic nitrogens is 1. The minimum atomic E-state index is -0.717. The molecule has 0 saturated carbocycles. The van der Waals surface area contributed by atoms with Crippen molar-refractivity contribution in [3.05, 3.63) is 58.3 Å². The van der Waals surface area contributed by atoms with Crippen LogP contribution in [0.25, 0.3) is 0 Å². The molecule has 0 aliphatic heterocycles. The zero-order valence-corrected chi connectivity index (χ0v) is 10.5. The highest BCUT2D eigenvalue weighted by Crippen LogP contribution is 2.17. The average Bonchev–Trinajstić information content (AvgIpc) is 2.32. The van der Waals surface area contributed by atoms with Gasteiger partial charge in [0.2, 0.25) is 0 Å². The van der Waals surface area contributed by atoms with Crippen LogP contribution in [0, 0.1) is 11.6 Å². The molecule has 18 heavy (non-hydrogen) atoms. The number of nitrogens with zero attached hydrogens (tertiary/aromatic N) is 1. The molecule has 0 spiro atoms. The maximum absolute atomic E-state index is 13.5. The molecule has 1 aromatic heterocycles. The molecule has 0 atom stereocenters. The summed E-state index contributed by atoms with van der Waals surface area (Å²) < 4.78 is 27.3. The van der Waals surface area contributed by atoms with E-state index in [0.29, 0.717) is 4.47 Å². The van der Waals surface area contributed by atoms with Gasteiger partial charge >= 0.3 is 0 Å². The van der Waals surface area contributed by atoms with Crippen molar-refractivity contribution in [1.29, 1.82) is 0 Å². The third kappa shape index (κ3) is 2.70. The number of benzene rings is 1. The van der Waals surface area contributed by atoms with E-state index in [1.165, 1.54) is 24.4 Å². The summed E-state index contributed by atoms with van der Waals surface area (Å²) in [5, 5.41) is 2.28. The summed E-state index contributed by atoms with van der Waals surface area (Å²) in [6, 6.07) is 5.30. The number of carbonyl (C=O) groups is 1. The Labute approximate surface area is 110 Å². The van der Waals surface area contributed by atoms with Crippen LogP contribution < -0.4 is 5.32 Å². The lowest BCUT2D eigenvalue weighted by Gasteiger charge is -2.06. The van der Waals surface area contributed by atoms with E-state index in [0.717, 1.165) is 12.3 Å². The lowest BCUT2D eigenvalue weighted by atomic mass is 10.2. The summed E-state index contributed by atoms with van der Waals surface area (Å²) in [5.41, 5.74) is -0.202. The molecular formula is C12H7BrF2N2O. The van der Waals surface area contributed by atoms with Gasteiger partial charge in [0.15, 0.2) is 5.82 Å². The first kappa shape index (κ1) is 12.6. The monoisotopic (exact) mass is 312 g/mol. The van der Waals surface area contributed by atoms with Crippen molar-refractivity contribution in [2.24, 2.45) is 0 Å². The molecule has 0 unspecified atom stereocenters. The van der Waals surface area contributed by atoms with E-state index in [4.69, 9.17) is 0 Å². The van der Waals surface area contributed by atoms with E-state index in [9.17, 15) is 13.6 Å². The Hall–Kier alpha value is -1.82. The van der Waals surface area contributed by atoms with Gasteiger partial charge in [0.1, 0.15) is 5.82 Å². The first-order valence-electron chi connectivity index (χ1n) is 4.94. The Morgan fingerprint density at radius 3 is 2.67 bits per heavy atom. The van der Waals surface area contributed by atoms with Gasteiger partial charge in [-0.15, -0.1) is 0 Å². The van der Waals surface area contributed by atoms with Crippen LogP contribution in [0.2, 0.25) is 0 Å². The first-order valence-corrected chi connectivity index (χ1v) is 5.73. The molecule has 0 saturated heterocycles. The van der Waals surface area contributed by atoms with E-state index in [1.54, 1.807) is 0 Å². The zero-order chi connectivity index (χ0) is 13.1. The normalized spacial score (nSPS) is 10.2. The SMILES string of the molecule is O=C(Nc1ccncc1F)c1ccc(Br)cc1F. The van der Waals surface area contributed by atoms with Crippen molar-refractivity contribution < 1.29 is 13.6 Å². The predicted molar refractivity (Wildman–Crippen MR) is 66.2 cm³/mol. The number of rotatable bonds is 2. The van der Waals surface area contributed by atoms with E-state index < -0.39 is 17.5 Å². The molecule has 2 aromatic rings. The van der Waals surface area contributed by atoms with Crippen LogP contribution in [0.4, 0.5) is 14.5 Å². The van der Waals surface area contributed by atoms with Crippen LogP contribution in [0.3, 0.4) is 0 Å². The van der Waals surface area contributed by atoms with Gasteiger partial charge in [-0.2, -0.15) is 0 Å². The molecule has 2 rings (SSSR count). The maximum atomic E-state index is 13.5. The number of anilines is 1. The van der Waals surface area contributed by atoms with Crippen molar-refractivity contribution >= 4 is 27.5 Å². The van der Waals surface area contributed by atoms with Gasteiger partial charge in [-0.05, 0) is 24.3 Å². The smallest absolute Gasteiger partial charge is 0.258 e. The van der Waals surface area contributed by atoms with E-state index >= 15 is 0 Å². The second-order valence-corrected chi connectivity index (χ2v) is 4.35. The van der Waals surface area contributed by atoms with Gasteiger partial charge in [0, 0.05) is 10.7 Å². The van der Waals surface area contributed by atoms with Crippen LogP contribution in [-0.4, -0.2) is 10.9 Å². The molecule has 0 fully saturated rings. The number of nitrogens with one attached hydrogen (secondary N) is 1. The van der Waals surface area contributed by atoms with Gasteiger partial charge in [0.25, 0.3) is 5.91 Å². The highest BCUT2D eigenvalue weighted by Gasteiger charge is 2.13. The maximum Gasteiger partial charge on any atom is 0.258 e. The third-order valence-corrected chi connectivity index (χ3v) is 2.69. The van der Waals surface area contributed by atoms with E-state index in [2.05, 4.69) is 26.2 Å². The highest BCUT2D eigenvalue weighted by atomic mass is 79.9. The molecule has 6 heteroatoms. The van der Waals surface area contributed by atoms with Crippen molar-refractivity contribution in [1.82, 2.24) is 4.98 Å². The average molecular weight is 313 g/mol. The number of halogens is 3. The van der Waals surface area contributed by atoms with Crippen LogP contribution in [-0.2, 0) is 0 Å². The molecule has 0 radical (unpaired) electrons. The summed E-state index contributed by atoms with van der Waals surface area (Å²) in [5.74, 6) is -2.08. The predicted octanol–water partition coefficient (Wildman–Crippen LogP) is 3.37.